The van der Waals surface area contributed by atoms with Crippen LogP contribution in [-0.4, -0.2) is 23.0 Å². The van der Waals surface area contributed by atoms with Gasteiger partial charge in [0.05, 0.1) is 6.42 Å². The van der Waals surface area contributed by atoms with Gasteiger partial charge in [0, 0.05) is 12.2 Å². The Balaban J connectivity index is 4.49. The molecule has 1 unspecified atom stereocenters. The van der Waals surface area contributed by atoms with Crippen molar-refractivity contribution in [3.63, 3.8) is 0 Å². The van der Waals surface area contributed by atoms with Crippen molar-refractivity contribution in [2.24, 2.45) is 0 Å². The predicted molar refractivity (Wildman–Crippen MR) is 52.4 cm³/mol. The zero-order valence-corrected chi connectivity index (χ0v) is 8.73. The Morgan fingerprint density at radius 3 is 2.33 bits per heavy atom. The summed E-state index contributed by atoms with van der Waals surface area (Å²) < 4.78 is 9.01. The van der Waals surface area contributed by atoms with Crippen molar-refractivity contribution in [1.82, 2.24) is 0 Å². The van der Waals surface area contributed by atoms with Crippen molar-refractivity contribution in [2.45, 2.75) is 26.2 Å². The topological polar surface area (TPSA) is 72.8 Å². The van der Waals surface area contributed by atoms with Gasteiger partial charge < -0.3 is 14.6 Å². The number of aliphatic hydroxyl groups is 1. The molecule has 0 aromatic carbocycles. The number of hydrogen-bond acceptors (Lipinski definition) is 5. The summed E-state index contributed by atoms with van der Waals surface area (Å²) in [5.74, 6) is -3.90. The minimum absolute atomic E-state index is 0.0735. The van der Waals surface area contributed by atoms with Crippen LogP contribution in [0.5, 0.6) is 0 Å². The van der Waals surface area contributed by atoms with Crippen LogP contribution in [0, 0.1) is 0 Å². The van der Waals surface area contributed by atoms with Gasteiger partial charge >= 0.3 is 17.9 Å². The minimum atomic E-state index is -2.23. The van der Waals surface area contributed by atoms with Crippen LogP contribution in [0.4, 0.5) is 0 Å². The van der Waals surface area contributed by atoms with Crippen molar-refractivity contribution < 1.29 is 24.2 Å². The molecule has 0 amide bonds. The highest BCUT2D eigenvalue weighted by Crippen LogP contribution is 2.15. The molecular weight excluding hydrogens is 200 g/mol. The summed E-state index contributed by atoms with van der Waals surface area (Å²) in [6.45, 7) is 6.27. The standard InChI is InChI=1S/C10H14O5/c1-4-7-9(12)15-10(13,6-3)14-8(11)5-2/h4-5,7,13H,2,6H2,1,3H3. The van der Waals surface area contributed by atoms with Gasteiger partial charge in [-0.3, -0.25) is 0 Å². The molecule has 1 atom stereocenters. The molecule has 0 aliphatic rings. The molecule has 0 radical (unpaired) electrons. The van der Waals surface area contributed by atoms with Crippen LogP contribution in [0.15, 0.2) is 24.8 Å². The molecule has 84 valence electrons. The highest BCUT2D eigenvalue weighted by atomic mass is 16.8. The Kier molecular flexibility index (Phi) is 5.33. The Hall–Kier alpha value is -1.62. The molecule has 0 saturated heterocycles. The van der Waals surface area contributed by atoms with Crippen LogP contribution < -0.4 is 0 Å². The Bertz CT molecular complexity index is 282. The Morgan fingerprint density at radius 1 is 1.40 bits per heavy atom. The second-order valence-electron chi connectivity index (χ2n) is 2.61. The highest BCUT2D eigenvalue weighted by molar-refractivity contribution is 5.83. The first kappa shape index (κ1) is 13.4. The minimum Gasteiger partial charge on any atom is -0.395 e. The van der Waals surface area contributed by atoms with Crippen molar-refractivity contribution in [3.8, 4) is 0 Å². The lowest BCUT2D eigenvalue weighted by Gasteiger charge is -2.24. The van der Waals surface area contributed by atoms with E-state index in [2.05, 4.69) is 16.1 Å². The van der Waals surface area contributed by atoms with E-state index in [1.54, 1.807) is 6.92 Å². The highest BCUT2D eigenvalue weighted by Gasteiger charge is 2.33. The van der Waals surface area contributed by atoms with Crippen LogP contribution in [-0.2, 0) is 19.1 Å². The van der Waals surface area contributed by atoms with Crippen molar-refractivity contribution in [1.29, 1.82) is 0 Å². The lowest BCUT2D eigenvalue weighted by molar-refractivity contribution is -0.321. The fraction of sp³-hybridized carbons (Fsp3) is 0.400. The number of ether oxygens (including phenoxy) is 2. The SMILES string of the molecule is C=CC(=O)OC(O)(CC)OC(=O)C=CC. The first-order chi connectivity index (χ1) is 6.97. The predicted octanol–water partition coefficient (Wildman–Crippen LogP) is 0.891. The maximum atomic E-state index is 11.0. The summed E-state index contributed by atoms with van der Waals surface area (Å²) in [7, 11) is 0. The van der Waals surface area contributed by atoms with Crippen LogP contribution in [0.3, 0.4) is 0 Å². The van der Waals surface area contributed by atoms with E-state index in [-0.39, 0.29) is 6.42 Å². The lowest BCUT2D eigenvalue weighted by atomic mass is 10.4. The molecule has 1 N–H and O–H groups in total. The molecule has 0 aliphatic carbocycles. The van der Waals surface area contributed by atoms with Gasteiger partial charge in [-0.2, -0.15) is 0 Å². The van der Waals surface area contributed by atoms with E-state index in [0.29, 0.717) is 0 Å². The number of hydrogen-bond donors (Lipinski definition) is 1. The van der Waals surface area contributed by atoms with Gasteiger partial charge in [-0.1, -0.05) is 19.6 Å². The van der Waals surface area contributed by atoms with Crippen LogP contribution in [0.1, 0.15) is 20.3 Å². The maximum absolute atomic E-state index is 11.0. The Labute approximate surface area is 88.0 Å². The average molecular weight is 214 g/mol. The molecule has 0 bridgehead atoms. The number of carbonyl (C=O) groups is 2. The van der Waals surface area contributed by atoms with Gasteiger partial charge in [0.25, 0.3) is 0 Å². The fourth-order valence-corrected chi connectivity index (χ4v) is 0.691. The molecular formula is C10H14O5. The van der Waals surface area contributed by atoms with Crippen LogP contribution in [0.25, 0.3) is 0 Å². The quantitative estimate of drug-likeness (QED) is 0.418. The molecule has 5 heteroatoms. The van der Waals surface area contributed by atoms with E-state index in [1.165, 1.54) is 13.0 Å². The maximum Gasteiger partial charge on any atom is 0.373 e. The van der Waals surface area contributed by atoms with E-state index in [1.807, 2.05) is 0 Å². The lowest BCUT2D eigenvalue weighted by Crippen LogP contribution is -2.38. The monoisotopic (exact) mass is 214 g/mol. The molecule has 15 heavy (non-hydrogen) atoms. The van der Waals surface area contributed by atoms with E-state index in [9.17, 15) is 14.7 Å². The number of carbonyl (C=O) groups excluding carboxylic acids is 2. The van der Waals surface area contributed by atoms with Crippen molar-refractivity contribution in [3.05, 3.63) is 24.8 Å². The van der Waals surface area contributed by atoms with Gasteiger partial charge in [-0.25, -0.2) is 9.59 Å². The van der Waals surface area contributed by atoms with Gasteiger partial charge in [-0.15, -0.1) is 0 Å². The van der Waals surface area contributed by atoms with E-state index in [0.717, 1.165) is 12.2 Å². The largest absolute Gasteiger partial charge is 0.395 e. The first-order valence-electron chi connectivity index (χ1n) is 4.41. The smallest absolute Gasteiger partial charge is 0.373 e. The zero-order valence-electron chi connectivity index (χ0n) is 8.73. The summed E-state index contributed by atoms with van der Waals surface area (Å²) in [6, 6.07) is 0. The zero-order chi connectivity index (χ0) is 11.9. The molecule has 0 heterocycles. The molecule has 0 rings (SSSR count). The van der Waals surface area contributed by atoms with Crippen LogP contribution >= 0.6 is 0 Å². The van der Waals surface area contributed by atoms with Gasteiger partial charge in [0.15, 0.2) is 0 Å². The first-order valence-corrected chi connectivity index (χ1v) is 4.41. The van der Waals surface area contributed by atoms with E-state index in [4.69, 9.17) is 0 Å². The van der Waals surface area contributed by atoms with E-state index < -0.39 is 17.9 Å². The number of allylic oxidation sites excluding steroid dienone is 1. The summed E-state index contributed by atoms with van der Waals surface area (Å²) in [4.78, 5) is 21.8. The number of esters is 2. The normalized spacial score (nSPS) is 14.3. The third-order valence-corrected chi connectivity index (χ3v) is 1.44. The Morgan fingerprint density at radius 2 is 1.93 bits per heavy atom. The van der Waals surface area contributed by atoms with Gasteiger partial charge in [0.2, 0.25) is 0 Å². The van der Waals surface area contributed by atoms with E-state index >= 15 is 0 Å². The molecule has 0 spiro atoms. The summed E-state index contributed by atoms with van der Waals surface area (Å²) >= 11 is 0. The molecule has 5 nitrogen and oxygen atoms in total. The third-order valence-electron chi connectivity index (χ3n) is 1.44. The average Bonchev–Trinajstić information content (AvgIpc) is 2.17. The second-order valence-corrected chi connectivity index (χ2v) is 2.61. The van der Waals surface area contributed by atoms with Crippen molar-refractivity contribution >= 4 is 11.9 Å². The molecule has 0 aliphatic heterocycles. The van der Waals surface area contributed by atoms with Crippen molar-refractivity contribution in [2.75, 3.05) is 0 Å². The summed E-state index contributed by atoms with van der Waals surface area (Å²) in [5, 5.41) is 9.55. The summed E-state index contributed by atoms with van der Waals surface area (Å²) in [6.07, 6.45) is 3.33. The molecule has 0 fully saturated rings. The molecule has 0 aromatic rings. The molecule has 0 aromatic heterocycles. The summed E-state index contributed by atoms with van der Waals surface area (Å²) in [5.41, 5.74) is 0. The number of rotatable bonds is 5. The second kappa shape index (κ2) is 5.98. The molecule has 0 saturated carbocycles. The fourth-order valence-electron chi connectivity index (χ4n) is 0.691. The van der Waals surface area contributed by atoms with Gasteiger partial charge in [0.1, 0.15) is 0 Å². The van der Waals surface area contributed by atoms with Crippen LogP contribution in [0.2, 0.25) is 0 Å². The third kappa shape index (κ3) is 4.97. The van der Waals surface area contributed by atoms with Gasteiger partial charge in [-0.05, 0) is 6.92 Å².